The van der Waals surface area contributed by atoms with Crippen molar-refractivity contribution in [1.29, 1.82) is 0 Å². The van der Waals surface area contributed by atoms with Crippen LogP contribution in [-0.2, 0) is 6.42 Å². The minimum Gasteiger partial charge on any atom is -0.461 e. The van der Waals surface area contributed by atoms with Crippen LogP contribution in [0.2, 0.25) is 0 Å². The molecule has 4 nitrogen and oxygen atoms in total. The van der Waals surface area contributed by atoms with Gasteiger partial charge in [-0.05, 0) is 18.1 Å². The Morgan fingerprint density at radius 2 is 2.06 bits per heavy atom. The van der Waals surface area contributed by atoms with Crippen molar-refractivity contribution in [2.45, 2.75) is 20.3 Å². The van der Waals surface area contributed by atoms with Crippen molar-refractivity contribution in [1.82, 2.24) is 0 Å². The molecule has 0 saturated carbocycles. The summed E-state index contributed by atoms with van der Waals surface area (Å²) in [6.07, 6.45) is 0.870. The van der Waals surface area contributed by atoms with Crippen LogP contribution < -0.4 is 0 Å². The molecule has 0 spiro atoms. The van der Waals surface area contributed by atoms with E-state index in [0.29, 0.717) is 11.7 Å². The van der Waals surface area contributed by atoms with E-state index in [-0.39, 0.29) is 5.69 Å². The molecule has 0 radical (unpaired) electrons. The lowest BCUT2D eigenvalue weighted by Gasteiger charge is -2.00. The molecule has 0 N–H and O–H groups in total. The summed E-state index contributed by atoms with van der Waals surface area (Å²) in [5.74, 6) is 2.11. The van der Waals surface area contributed by atoms with Crippen molar-refractivity contribution in [3.63, 3.8) is 0 Å². The van der Waals surface area contributed by atoms with E-state index in [1.165, 1.54) is 12.1 Å². The molecule has 2 aromatic rings. The number of benzene rings is 1. The Kier molecular flexibility index (Phi) is 3.46. The molecule has 0 atom stereocenters. The van der Waals surface area contributed by atoms with E-state index in [1.807, 2.05) is 18.2 Å². The highest BCUT2D eigenvalue weighted by Crippen LogP contribution is 2.26. The molecule has 94 valence electrons. The third-order valence-corrected chi connectivity index (χ3v) is 2.61. The number of hydrogen-bond acceptors (Lipinski definition) is 3. The van der Waals surface area contributed by atoms with Crippen LogP contribution in [0.4, 0.5) is 5.69 Å². The van der Waals surface area contributed by atoms with Gasteiger partial charge in [0.2, 0.25) is 0 Å². The van der Waals surface area contributed by atoms with E-state index in [1.54, 1.807) is 6.07 Å². The van der Waals surface area contributed by atoms with Crippen molar-refractivity contribution < 1.29 is 9.34 Å². The average molecular weight is 245 g/mol. The minimum atomic E-state index is -0.401. The molecule has 18 heavy (non-hydrogen) atoms. The van der Waals surface area contributed by atoms with Crippen LogP contribution >= 0.6 is 0 Å². The monoisotopic (exact) mass is 245 g/mol. The van der Waals surface area contributed by atoms with Crippen molar-refractivity contribution in [3.8, 4) is 11.3 Å². The SMILES string of the molecule is CC(C)Cc1ccc(-c2cccc([N+](=O)[O-])c2)o1. The van der Waals surface area contributed by atoms with Crippen LogP contribution in [0.3, 0.4) is 0 Å². The standard InChI is InChI=1S/C14H15NO3/c1-10(2)8-13-6-7-14(18-13)11-4-3-5-12(9-11)15(16)17/h3-7,9-10H,8H2,1-2H3. The largest absolute Gasteiger partial charge is 0.461 e. The Bertz CT molecular complexity index is 558. The first-order valence-electron chi connectivity index (χ1n) is 5.90. The van der Waals surface area contributed by atoms with E-state index >= 15 is 0 Å². The molecule has 0 aliphatic rings. The highest BCUT2D eigenvalue weighted by molar-refractivity contribution is 5.61. The summed E-state index contributed by atoms with van der Waals surface area (Å²) in [6, 6.07) is 10.3. The van der Waals surface area contributed by atoms with Crippen LogP contribution in [0.15, 0.2) is 40.8 Å². The fourth-order valence-corrected chi connectivity index (χ4v) is 1.82. The zero-order valence-electron chi connectivity index (χ0n) is 10.4. The number of furan rings is 1. The quantitative estimate of drug-likeness (QED) is 0.603. The maximum atomic E-state index is 10.7. The van der Waals surface area contributed by atoms with E-state index in [0.717, 1.165) is 17.7 Å². The van der Waals surface area contributed by atoms with Gasteiger partial charge in [-0.25, -0.2) is 0 Å². The van der Waals surface area contributed by atoms with Gasteiger partial charge in [0.25, 0.3) is 5.69 Å². The summed E-state index contributed by atoms with van der Waals surface area (Å²) in [6.45, 7) is 4.24. The van der Waals surface area contributed by atoms with Crippen LogP contribution in [-0.4, -0.2) is 4.92 Å². The van der Waals surface area contributed by atoms with Gasteiger partial charge in [-0.15, -0.1) is 0 Å². The first kappa shape index (κ1) is 12.4. The third-order valence-electron chi connectivity index (χ3n) is 2.61. The van der Waals surface area contributed by atoms with E-state index in [2.05, 4.69) is 13.8 Å². The fraction of sp³-hybridized carbons (Fsp3) is 0.286. The van der Waals surface area contributed by atoms with Crippen molar-refractivity contribution in [2.24, 2.45) is 5.92 Å². The Morgan fingerprint density at radius 1 is 1.28 bits per heavy atom. The van der Waals surface area contributed by atoms with Gasteiger partial charge in [-0.3, -0.25) is 10.1 Å². The molecule has 0 aliphatic heterocycles. The van der Waals surface area contributed by atoms with Gasteiger partial charge in [-0.2, -0.15) is 0 Å². The normalized spacial score (nSPS) is 10.8. The number of nitro benzene ring substituents is 1. The highest BCUT2D eigenvalue weighted by Gasteiger charge is 2.10. The predicted octanol–water partition coefficient (Wildman–Crippen LogP) is 4.05. The zero-order chi connectivity index (χ0) is 13.1. The molecule has 0 aliphatic carbocycles. The Hall–Kier alpha value is -2.10. The highest BCUT2D eigenvalue weighted by atomic mass is 16.6. The first-order valence-corrected chi connectivity index (χ1v) is 5.90. The van der Waals surface area contributed by atoms with Crippen LogP contribution in [0.1, 0.15) is 19.6 Å². The summed E-state index contributed by atoms with van der Waals surface area (Å²) in [5, 5.41) is 10.7. The number of non-ortho nitro benzene ring substituents is 1. The van der Waals surface area contributed by atoms with Gasteiger partial charge in [0.1, 0.15) is 11.5 Å². The number of nitrogens with zero attached hydrogens (tertiary/aromatic N) is 1. The number of nitro groups is 1. The van der Waals surface area contributed by atoms with E-state index < -0.39 is 4.92 Å². The van der Waals surface area contributed by atoms with Crippen LogP contribution in [0.25, 0.3) is 11.3 Å². The summed E-state index contributed by atoms with van der Waals surface area (Å²) in [4.78, 5) is 10.3. The average Bonchev–Trinajstić information content (AvgIpc) is 2.77. The van der Waals surface area contributed by atoms with Gasteiger partial charge in [0.05, 0.1) is 4.92 Å². The molecule has 1 aromatic heterocycles. The number of rotatable bonds is 4. The van der Waals surface area contributed by atoms with Gasteiger partial charge in [0, 0.05) is 24.1 Å². The molecule has 4 heteroatoms. The maximum Gasteiger partial charge on any atom is 0.270 e. The molecular formula is C14H15NO3. The van der Waals surface area contributed by atoms with E-state index in [9.17, 15) is 10.1 Å². The molecule has 0 amide bonds. The lowest BCUT2D eigenvalue weighted by Crippen LogP contribution is -1.91. The van der Waals surface area contributed by atoms with Crippen molar-refractivity contribution in [2.75, 3.05) is 0 Å². The summed E-state index contributed by atoms with van der Waals surface area (Å²) < 4.78 is 5.69. The van der Waals surface area contributed by atoms with Crippen LogP contribution in [0, 0.1) is 16.0 Å². The minimum absolute atomic E-state index is 0.0781. The molecule has 1 heterocycles. The fourth-order valence-electron chi connectivity index (χ4n) is 1.82. The zero-order valence-corrected chi connectivity index (χ0v) is 10.4. The Labute approximate surface area is 105 Å². The lowest BCUT2D eigenvalue weighted by molar-refractivity contribution is -0.384. The maximum absolute atomic E-state index is 10.7. The lowest BCUT2D eigenvalue weighted by atomic mass is 10.1. The van der Waals surface area contributed by atoms with Gasteiger partial charge < -0.3 is 4.42 Å². The van der Waals surface area contributed by atoms with Gasteiger partial charge in [-0.1, -0.05) is 26.0 Å². The molecule has 0 bridgehead atoms. The molecule has 0 fully saturated rings. The molecule has 1 aromatic carbocycles. The van der Waals surface area contributed by atoms with Crippen molar-refractivity contribution in [3.05, 3.63) is 52.3 Å². The van der Waals surface area contributed by atoms with Gasteiger partial charge >= 0.3 is 0 Å². The smallest absolute Gasteiger partial charge is 0.270 e. The predicted molar refractivity (Wildman–Crippen MR) is 69.3 cm³/mol. The number of hydrogen-bond donors (Lipinski definition) is 0. The van der Waals surface area contributed by atoms with E-state index in [4.69, 9.17) is 4.42 Å². The molecule has 2 rings (SSSR count). The third kappa shape index (κ3) is 2.77. The summed E-state index contributed by atoms with van der Waals surface area (Å²) >= 11 is 0. The second-order valence-electron chi connectivity index (χ2n) is 4.67. The van der Waals surface area contributed by atoms with Gasteiger partial charge in [0.15, 0.2) is 0 Å². The Balaban J connectivity index is 2.28. The van der Waals surface area contributed by atoms with Crippen LogP contribution in [0.5, 0.6) is 0 Å². The second-order valence-corrected chi connectivity index (χ2v) is 4.67. The summed E-state index contributed by atoms with van der Waals surface area (Å²) in [5.41, 5.74) is 0.813. The molecule has 0 unspecified atom stereocenters. The summed E-state index contributed by atoms with van der Waals surface area (Å²) in [7, 11) is 0. The molecular weight excluding hydrogens is 230 g/mol. The first-order chi connectivity index (χ1) is 8.56. The van der Waals surface area contributed by atoms with Crippen molar-refractivity contribution >= 4 is 5.69 Å². The Morgan fingerprint density at radius 3 is 2.72 bits per heavy atom. The molecule has 0 saturated heterocycles. The topological polar surface area (TPSA) is 56.3 Å². The second kappa shape index (κ2) is 5.04.